The molecule has 1 aliphatic heterocycles. The third-order valence-corrected chi connectivity index (χ3v) is 4.54. The Balaban J connectivity index is 1.91. The fourth-order valence-corrected chi connectivity index (χ4v) is 3.34. The van der Waals surface area contributed by atoms with Crippen LogP contribution < -0.4 is 0 Å². The molecule has 4 nitrogen and oxygen atoms in total. The van der Waals surface area contributed by atoms with Crippen LogP contribution in [-0.2, 0) is 9.59 Å². The molecule has 108 valence electrons. The van der Waals surface area contributed by atoms with Crippen LogP contribution in [0.4, 0.5) is 0 Å². The zero-order chi connectivity index (χ0) is 13.7. The van der Waals surface area contributed by atoms with E-state index in [1.165, 1.54) is 19.3 Å². The van der Waals surface area contributed by atoms with Crippen LogP contribution in [0, 0.1) is 11.8 Å². The molecular formula is C15H25NO3. The number of likely N-dealkylation sites (tertiary alicyclic amines) is 1. The van der Waals surface area contributed by atoms with E-state index in [1.54, 1.807) is 0 Å². The molecule has 1 aliphatic carbocycles. The van der Waals surface area contributed by atoms with Gasteiger partial charge in [-0.25, -0.2) is 0 Å². The summed E-state index contributed by atoms with van der Waals surface area (Å²) in [6.45, 7) is 1.17. The Kier molecular flexibility index (Phi) is 5.23. The first kappa shape index (κ1) is 14.4. The van der Waals surface area contributed by atoms with E-state index in [9.17, 15) is 9.59 Å². The van der Waals surface area contributed by atoms with Gasteiger partial charge in [0.15, 0.2) is 0 Å². The van der Waals surface area contributed by atoms with E-state index < -0.39 is 5.97 Å². The lowest BCUT2D eigenvalue weighted by molar-refractivity contribution is -0.147. The van der Waals surface area contributed by atoms with E-state index in [2.05, 4.69) is 0 Å². The van der Waals surface area contributed by atoms with Crippen LogP contribution in [0.3, 0.4) is 0 Å². The Hall–Kier alpha value is -1.06. The second kappa shape index (κ2) is 6.92. The number of hydrogen-bond donors (Lipinski definition) is 1. The van der Waals surface area contributed by atoms with Gasteiger partial charge in [-0.05, 0) is 25.7 Å². The van der Waals surface area contributed by atoms with E-state index in [4.69, 9.17) is 5.11 Å². The lowest BCUT2D eigenvalue weighted by atomic mass is 9.89. The van der Waals surface area contributed by atoms with Crippen molar-refractivity contribution in [2.24, 2.45) is 11.8 Å². The monoisotopic (exact) mass is 267 g/mol. The summed E-state index contributed by atoms with van der Waals surface area (Å²) in [4.78, 5) is 25.4. The molecule has 1 amide bonds. The van der Waals surface area contributed by atoms with Gasteiger partial charge in [-0.3, -0.25) is 9.59 Å². The molecule has 0 unspecified atom stereocenters. The number of nitrogens with zero attached hydrogens (tertiary/aromatic N) is 1. The number of amides is 1. The second-order valence-corrected chi connectivity index (χ2v) is 6.00. The number of hydrogen-bond acceptors (Lipinski definition) is 2. The summed E-state index contributed by atoms with van der Waals surface area (Å²) in [5.41, 5.74) is 0. The fourth-order valence-electron chi connectivity index (χ4n) is 3.34. The molecule has 0 radical (unpaired) electrons. The molecule has 0 aromatic heterocycles. The lowest BCUT2D eigenvalue weighted by Crippen LogP contribution is -2.45. The SMILES string of the molecule is O=C(O)[C@H]1CCCN(C(=O)C2CCCCCCC2)C1. The number of carbonyl (C=O) groups is 2. The van der Waals surface area contributed by atoms with Crippen LogP contribution in [0.5, 0.6) is 0 Å². The molecule has 0 spiro atoms. The van der Waals surface area contributed by atoms with E-state index in [1.807, 2.05) is 4.90 Å². The third kappa shape index (κ3) is 3.95. The maximum Gasteiger partial charge on any atom is 0.308 e. The number of carboxylic acid groups (broad SMARTS) is 1. The molecule has 1 saturated carbocycles. The molecule has 1 heterocycles. The molecule has 4 heteroatoms. The van der Waals surface area contributed by atoms with E-state index in [-0.39, 0.29) is 17.7 Å². The average molecular weight is 267 g/mol. The van der Waals surface area contributed by atoms with Crippen LogP contribution in [0.2, 0.25) is 0 Å². The molecule has 0 bridgehead atoms. The summed E-state index contributed by atoms with van der Waals surface area (Å²) in [6.07, 6.45) is 9.59. The minimum absolute atomic E-state index is 0.146. The molecule has 0 aromatic carbocycles. The minimum Gasteiger partial charge on any atom is -0.481 e. The largest absolute Gasteiger partial charge is 0.481 e. The summed E-state index contributed by atoms with van der Waals surface area (Å²) in [7, 11) is 0. The van der Waals surface area contributed by atoms with Crippen LogP contribution in [0.1, 0.15) is 57.8 Å². The van der Waals surface area contributed by atoms with Crippen molar-refractivity contribution in [2.45, 2.75) is 57.8 Å². The summed E-state index contributed by atoms with van der Waals surface area (Å²) in [6, 6.07) is 0. The predicted octanol–water partition coefficient (Wildman–Crippen LogP) is 2.67. The summed E-state index contributed by atoms with van der Waals surface area (Å²) in [5.74, 6) is -0.748. The summed E-state index contributed by atoms with van der Waals surface area (Å²) < 4.78 is 0. The molecule has 1 atom stereocenters. The van der Waals surface area contributed by atoms with Crippen molar-refractivity contribution < 1.29 is 14.7 Å². The van der Waals surface area contributed by atoms with Gasteiger partial charge in [0.1, 0.15) is 0 Å². The molecular weight excluding hydrogens is 242 g/mol. The van der Waals surface area contributed by atoms with Gasteiger partial charge in [-0.1, -0.05) is 32.1 Å². The Morgan fingerprint density at radius 3 is 2.05 bits per heavy atom. The van der Waals surface area contributed by atoms with Crippen molar-refractivity contribution in [1.29, 1.82) is 0 Å². The highest BCUT2D eigenvalue weighted by Gasteiger charge is 2.31. The molecule has 2 rings (SSSR count). The number of aliphatic carboxylic acids is 1. The Labute approximate surface area is 115 Å². The highest BCUT2D eigenvalue weighted by atomic mass is 16.4. The summed E-state index contributed by atoms with van der Waals surface area (Å²) >= 11 is 0. The van der Waals surface area contributed by atoms with Crippen molar-refractivity contribution in [3.63, 3.8) is 0 Å². The van der Waals surface area contributed by atoms with Gasteiger partial charge in [-0.2, -0.15) is 0 Å². The smallest absolute Gasteiger partial charge is 0.308 e. The maximum absolute atomic E-state index is 12.5. The zero-order valence-electron chi connectivity index (χ0n) is 11.6. The third-order valence-electron chi connectivity index (χ3n) is 4.54. The molecule has 19 heavy (non-hydrogen) atoms. The van der Waals surface area contributed by atoms with E-state index >= 15 is 0 Å². The zero-order valence-corrected chi connectivity index (χ0v) is 11.6. The van der Waals surface area contributed by atoms with Crippen LogP contribution in [0.15, 0.2) is 0 Å². The first-order valence-electron chi connectivity index (χ1n) is 7.70. The normalized spacial score (nSPS) is 26.5. The molecule has 1 saturated heterocycles. The lowest BCUT2D eigenvalue weighted by Gasteiger charge is -2.34. The highest BCUT2D eigenvalue weighted by molar-refractivity contribution is 5.80. The number of rotatable bonds is 2. The number of carboxylic acids is 1. The van der Waals surface area contributed by atoms with Gasteiger partial charge in [-0.15, -0.1) is 0 Å². The van der Waals surface area contributed by atoms with Gasteiger partial charge < -0.3 is 10.0 Å². The molecule has 1 N–H and O–H groups in total. The van der Waals surface area contributed by atoms with Gasteiger partial charge >= 0.3 is 5.97 Å². The molecule has 0 aromatic rings. The first-order valence-corrected chi connectivity index (χ1v) is 7.70. The van der Waals surface area contributed by atoms with Gasteiger partial charge in [0.05, 0.1) is 5.92 Å². The fraction of sp³-hybridized carbons (Fsp3) is 0.867. The topological polar surface area (TPSA) is 57.6 Å². The predicted molar refractivity (Wildman–Crippen MR) is 72.7 cm³/mol. The van der Waals surface area contributed by atoms with Crippen LogP contribution >= 0.6 is 0 Å². The second-order valence-electron chi connectivity index (χ2n) is 6.00. The van der Waals surface area contributed by atoms with Crippen molar-refractivity contribution in [2.75, 3.05) is 13.1 Å². The first-order chi connectivity index (χ1) is 9.18. The van der Waals surface area contributed by atoms with Crippen molar-refractivity contribution in [1.82, 2.24) is 4.90 Å². The minimum atomic E-state index is -0.754. The van der Waals surface area contributed by atoms with Gasteiger partial charge in [0, 0.05) is 19.0 Å². The van der Waals surface area contributed by atoms with Crippen LogP contribution in [0.25, 0.3) is 0 Å². The number of carbonyl (C=O) groups excluding carboxylic acids is 1. The average Bonchev–Trinajstić information content (AvgIpc) is 2.38. The summed E-state index contributed by atoms with van der Waals surface area (Å²) in [5, 5.41) is 9.09. The van der Waals surface area contributed by atoms with Crippen molar-refractivity contribution in [3.8, 4) is 0 Å². The van der Waals surface area contributed by atoms with Crippen LogP contribution in [-0.4, -0.2) is 35.0 Å². The van der Waals surface area contributed by atoms with E-state index in [0.29, 0.717) is 13.0 Å². The molecule has 2 aliphatic rings. The van der Waals surface area contributed by atoms with Crippen molar-refractivity contribution in [3.05, 3.63) is 0 Å². The van der Waals surface area contributed by atoms with E-state index in [0.717, 1.165) is 38.6 Å². The standard InChI is InChI=1S/C15H25NO3/c17-14(12-7-4-2-1-3-5-8-12)16-10-6-9-13(11-16)15(18)19/h12-13H,1-11H2,(H,18,19)/t13-/m0/s1. The molecule has 2 fully saturated rings. The highest BCUT2D eigenvalue weighted by Crippen LogP contribution is 2.26. The van der Waals surface area contributed by atoms with Gasteiger partial charge in [0.2, 0.25) is 5.91 Å². The Morgan fingerprint density at radius 1 is 0.842 bits per heavy atom. The quantitative estimate of drug-likeness (QED) is 0.836. The maximum atomic E-state index is 12.5. The number of piperidine rings is 1. The van der Waals surface area contributed by atoms with Gasteiger partial charge in [0.25, 0.3) is 0 Å². The Bertz CT molecular complexity index is 321. The Morgan fingerprint density at radius 2 is 1.42 bits per heavy atom. The van der Waals surface area contributed by atoms with Crippen molar-refractivity contribution >= 4 is 11.9 Å².